The van der Waals surface area contributed by atoms with Gasteiger partial charge in [-0.05, 0) is 54.4 Å². The highest BCUT2D eigenvalue weighted by Crippen LogP contribution is 2.29. The lowest BCUT2D eigenvalue weighted by atomic mass is 10.0. The number of rotatable bonds is 3. The molecule has 0 amide bonds. The van der Waals surface area contributed by atoms with Crippen molar-refractivity contribution >= 4 is 0 Å². The van der Waals surface area contributed by atoms with Crippen molar-refractivity contribution in [2.75, 3.05) is 0 Å². The Labute approximate surface area is 152 Å². The average molecular weight is 340 g/mol. The van der Waals surface area contributed by atoms with Crippen molar-refractivity contribution in [1.82, 2.24) is 9.97 Å². The number of aryl methyl sites for hydroxylation is 1. The first-order chi connectivity index (χ1) is 12.7. The molecule has 0 unspecified atom stereocenters. The average Bonchev–Trinajstić information content (AvgIpc) is 2.69. The van der Waals surface area contributed by atoms with Crippen LogP contribution in [0, 0.1) is 12.7 Å². The summed E-state index contributed by atoms with van der Waals surface area (Å²) in [4.78, 5) is 9.23. The molecule has 4 rings (SSSR count). The Kier molecular flexibility index (Phi) is 4.28. The topological polar surface area (TPSA) is 25.8 Å². The van der Waals surface area contributed by atoms with Gasteiger partial charge in [0.05, 0.1) is 17.1 Å². The molecule has 4 aromatic rings. The molecule has 0 aliphatic rings. The van der Waals surface area contributed by atoms with Crippen LogP contribution in [0.2, 0.25) is 0 Å². The van der Waals surface area contributed by atoms with Crippen molar-refractivity contribution in [3.8, 4) is 33.8 Å². The maximum Gasteiger partial charge on any atom is 0.123 e. The second kappa shape index (κ2) is 6.89. The molecule has 0 bridgehead atoms. The van der Waals surface area contributed by atoms with Crippen LogP contribution in [0.5, 0.6) is 0 Å². The first-order valence-corrected chi connectivity index (χ1v) is 8.45. The van der Waals surface area contributed by atoms with Gasteiger partial charge in [0, 0.05) is 11.8 Å². The minimum atomic E-state index is -0.244. The summed E-state index contributed by atoms with van der Waals surface area (Å²) in [6.07, 6.45) is 1.76. The van der Waals surface area contributed by atoms with E-state index in [1.165, 1.54) is 17.7 Å². The molecule has 3 heteroatoms. The molecule has 2 aromatic heterocycles. The van der Waals surface area contributed by atoms with E-state index in [2.05, 4.69) is 36.2 Å². The second-order valence-corrected chi connectivity index (χ2v) is 6.21. The smallest absolute Gasteiger partial charge is 0.123 e. The van der Waals surface area contributed by atoms with E-state index in [9.17, 15) is 4.39 Å². The zero-order valence-electron chi connectivity index (χ0n) is 14.4. The molecule has 0 saturated carbocycles. The lowest BCUT2D eigenvalue weighted by Crippen LogP contribution is -1.92. The van der Waals surface area contributed by atoms with Crippen LogP contribution in [0.15, 0.2) is 85.1 Å². The SMILES string of the molecule is Cc1ccc(-c2cc(-c3ccc(F)cc3)cc(-c3ccccn3)n2)cc1. The van der Waals surface area contributed by atoms with Crippen molar-refractivity contribution in [2.45, 2.75) is 6.92 Å². The Bertz CT molecular complexity index is 960. The molecule has 2 nitrogen and oxygen atoms in total. The monoisotopic (exact) mass is 340 g/mol. The number of nitrogens with zero attached hydrogens (tertiary/aromatic N) is 2. The predicted octanol–water partition coefficient (Wildman–Crippen LogP) is 5.93. The van der Waals surface area contributed by atoms with Crippen LogP contribution in [-0.4, -0.2) is 9.97 Å². The van der Waals surface area contributed by atoms with Gasteiger partial charge in [-0.2, -0.15) is 0 Å². The maximum absolute atomic E-state index is 13.3. The van der Waals surface area contributed by atoms with Gasteiger partial charge in [0.2, 0.25) is 0 Å². The third-order valence-corrected chi connectivity index (χ3v) is 4.28. The first kappa shape index (κ1) is 16.2. The minimum Gasteiger partial charge on any atom is -0.255 e. The molecule has 0 spiro atoms. The van der Waals surface area contributed by atoms with Crippen LogP contribution in [0.4, 0.5) is 4.39 Å². The van der Waals surface area contributed by atoms with Gasteiger partial charge in [-0.3, -0.25) is 4.98 Å². The number of hydrogen-bond acceptors (Lipinski definition) is 2. The van der Waals surface area contributed by atoms with Crippen LogP contribution >= 0.6 is 0 Å². The van der Waals surface area contributed by atoms with E-state index in [-0.39, 0.29) is 5.82 Å². The summed E-state index contributed by atoms with van der Waals surface area (Å²) in [6, 6.07) is 24.6. The Balaban J connectivity index is 1.89. The van der Waals surface area contributed by atoms with Crippen molar-refractivity contribution < 1.29 is 4.39 Å². The van der Waals surface area contributed by atoms with Gasteiger partial charge >= 0.3 is 0 Å². The zero-order chi connectivity index (χ0) is 17.9. The molecule has 26 heavy (non-hydrogen) atoms. The zero-order valence-corrected chi connectivity index (χ0v) is 14.4. The summed E-state index contributed by atoms with van der Waals surface area (Å²) in [5.74, 6) is -0.244. The van der Waals surface area contributed by atoms with E-state index < -0.39 is 0 Å². The number of halogens is 1. The van der Waals surface area contributed by atoms with Crippen LogP contribution in [0.25, 0.3) is 33.8 Å². The molecular weight excluding hydrogens is 323 g/mol. The van der Waals surface area contributed by atoms with E-state index in [1.807, 2.05) is 30.3 Å². The largest absolute Gasteiger partial charge is 0.255 e. The van der Waals surface area contributed by atoms with Crippen molar-refractivity contribution in [3.05, 3.63) is 96.4 Å². The quantitative estimate of drug-likeness (QED) is 0.462. The second-order valence-electron chi connectivity index (χ2n) is 6.21. The van der Waals surface area contributed by atoms with Crippen molar-refractivity contribution in [3.63, 3.8) is 0 Å². The number of pyridine rings is 2. The van der Waals surface area contributed by atoms with E-state index >= 15 is 0 Å². The Morgan fingerprint density at radius 1 is 0.654 bits per heavy atom. The molecule has 0 N–H and O–H groups in total. The fourth-order valence-electron chi connectivity index (χ4n) is 2.86. The minimum absolute atomic E-state index is 0.244. The van der Waals surface area contributed by atoms with E-state index in [1.54, 1.807) is 18.3 Å². The lowest BCUT2D eigenvalue weighted by molar-refractivity contribution is 0.628. The van der Waals surface area contributed by atoms with Crippen LogP contribution in [-0.2, 0) is 0 Å². The summed E-state index contributed by atoms with van der Waals surface area (Å²) in [6.45, 7) is 2.06. The first-order valence-electron chi connectivity index (χ1n) is 8.45. The molecule has 2 aromatic carbocycles. The van der Waals surface area contributed by atoms with E-state index in [4.69, 9.17) is 4.98 Å². The van der Waals surface area contributed by atoms with Gasteiger partial charge in [-0.1, -0.05) is 48.0 Å². The molecule has 0 radical (unpaired) electrons. The lowest BCUT2D eigenvalue weighted by Gasteiger charge is -2.10. The molecule has 0 atom stereocenters. The standard InChI is InChI=1S/C23H17FN2/c1-16-5-7-18(8-6-16)22-14-19(17-9-11-20(24)12-10-17)15-23(26-22)21-4-2-3-13-25-21/h2-15H,1H3. The van der Waals surface area contributed by atoms with Crippen molar-refractivity contribution in [1.29, 1.82) is 0 Å². The van der Waals surface area contributed by atoms with Gasteiger partial charge in [0.25, 0.3) is 0 Å². The molecule has 2 heterocycles. The fraction of sp³-hybridized carbons (Fsp3) is 0.0435. The predicted molar refractivity (Wildman–Crippen MR) is 103 cm³/mol. The molecule has 126 valence electrons. The van der Waals surface area contributed by atoms with Crippen LogP contribution in [0.1, 0.15) is 5.56 Å². The third-order valence-electron chi connectivity index (χ3n) is 4.28. The van der Waals surface area contributed by atoms with Gasteiger partial charge in [-0.25, -0.2) is 9.37 Å². The molecular formula is C23H17FN2. The maximum atomic E-state index is 13.3. The van der Waals surface area contributed by atoms with Gasteiger partial charge in [0.15, 0.2) is 0 Å². The number of benzene rings is 2. The summed E-state index contributed by atoms with van der Waals surface area (Å²) in [5, 5.41) is 0. The molecule has 0 aliphatic heterocycles. The highest BCUT2D eigenvalue weighted by atomic mass is 19.1. The Morgan fingerprint density at radius 3 is 2.04 bits per heavy atom. The highest BCUT2D eigenvalue weighted by molar-refractivity contribution is 5.75. The molecule has 0 saturated heterocycles. The third kappa shape index (κ3) is 3.38. The van der Waals surface area contributed by atoms with E-state index in [0.29, 0.717) is 0 Å². The molecule has 0 fully saturated rings. The number of hydrogen-bond donors (Lipinski definition) is 0. The van der Waals surface area contributed by atoms with Gasteiger partial charge in [0.1, 0.15) is 5.82 Å². The van der Waals surface area contributed by atoms with E-state index in [0.717, 1.165) is 33.8 Å². The summed E-state index contributed by atoms with van der Waals surface area (Å²) in [7, 11) is 0. The summed E-state index contributed by atoms with van der Waals surface area (Å²) < 4.78 is 13.3. The van der Waals surface area contributed by atoms with Crippen LogP contribution in [0.3, 0.4) is 0 Å². The Morgan fingerprint density at radius 2 is 1.35 bits per heavy atom. The fourth-order valence-corrected chi connectivity index (χ4v) is 2.86. The summed E-state index contributed by atoms with van der Waals surface area (Å²) >= 11 is 0. The number of aromatic nitrogens is 2. The summed E-state index contributed by atoms with van der Waals surface area (Å²) in [5.41, 5.74) is 6.64. The normalized spacial score (nSPS) is 10.7. The van der Waals surface area contributed by atoms with Gasteiger partial charge in [-0.15, -0.1) is 0 Å². The molecule has 0 aliphatic carbocycles. The van der Waals surface area contributed by atoms with Gasteiger partial charge < -0.3 is 0 Å². The Hall–Kier alpha value is -3.33. The van der Waals surface area contributed by atoms with Crippen LogP contribution < -0.4 is 0 Å². The van der Waals surface area contributed by atoms with Crippen molar-refractivity contribution in [2.24, 2.45) is 0 Å². The highest BCUT2D eigenvalue weighted by Gasteiger charge is 2.09.